The molecule has 0 bridgehead atoms. The molecule has 0 aromatic heterocycles. The summed E-state index contributed by atoms with van der Waals surface area (Å²) < 4.78 is 0. The van der Waals surface area contributed by atoms with E-state index in [4.69, 9.17) is 0 Å². The van der Waals surface area contributed by atoms with Gasteiger partial charge in [0.25, 0.3) is 0 Å². The molecule has 0 heterocycles. The first-order valence-electron chi connectivity index (χ1n) is 0. The van der Waals surface area contributed by atoms with E-state index in [9.17, 15) is 0 Å². The average Bonchev–Trinajstić information content (AvgIpc) is 0. The minimum Gasteiger partial charge on any atom is 0 e. The van der Waals surface area contributed by atoms with E-state index < -0.39 is 0 Å². The van der Waals surface area contributed by atoms with E-state index in [1.54, 1.807) is 0 Å². The molecule has 0 atom stereocenters. The second-order valence-electron chi connectivity index (χ2n) is 0. The Kier molecular flexibility index (Phi) is 226. The van der Waals surface area contributed by atoms with E-state index in [2.05, 4.69) is 0 Å². The normalized spacial score (nSPS) is 0. The molecule has 0 aliphatic rings. The minimum atomic E-state index is 0. The summed E-state index contributed by atoms with van der Waals surface area (Å²) in [6.07, 6.45) is 0. The second kappa shape index (κ2) is 27.1. The van der Waals surface area contributed by atoms with Crippen LogP contribution in [-0.2, 0) is 101 Å². The first kappa shape index (κ1) is 41.7. The maximum Gasteiger partial charge on any atom is 0 e. The summed E-state index contributed by atoms with van der Waals surface area (Å²) in [7, 11) is 0. The average molecular weight is 312 g/mol. The van der Waals surface area contributed by atoms with Crippen LogP contribution in [0, 0.1) is 0 Å². The topological polar surface area (TPSA) is 0 Å². The molecule has 0 N–H and O–H groups in total. The minimum absolute atomic E-state index is 0. The molecule has 0 saturated carbocycles. The summed E-state index contributed by atoms with van der Waals surface area (Å²) >= 11 is 0. The zero-order valence-corrected chi connectivity index (χ0v) is 9.25. The van der Waals surface area contributed by atoms with Gasteiger partial charge in [-0.25, -0.2) is 0 Å². The van der Waals surface area contributed by atoms with Crippen molar-refractivity contribution >= 4 is 0 Å². The van der Waals surface area contributed by atoms with Crippen molar-refractivity contribution in [3.63, 3.8) is 0 Å². The second-order valence-corrected chi connectivity index (χ2v) is 0. The molecule has 0 aromatic carbocycles. The molecule has 0 rings (SSSR count). The largest absolute Gasteiger partial charge is 0 e. The maximum atomic E-state index is 0. The van der Waals surface area contributed by atoms with Crippen LogP contribution in [0.5, 0.6) is 0 Å². The monoisotopic (exact) mass is 313 g/mol. The molecule has 0 aromatic rings. The summed E-state index contributed by atoms with van der Waals surface area (Å²) in [5.74, 6) is 0. The molecule has 0 nitrogen and oxygen atoms in total. The molecule has 35 valence electrons. The van der Waals surface area contributed by atoms with Gasteiger partial charge in [0.05, 0.1) is 0 Å². The Balaban J connectivity index is 0. The van der Waals surface area contributed by atoms with E-state index >= 15 is 0 Å². The van der Waals surface area contributed by atoms with Gasteiger partial charge in [-0.2, -0.15) is 0 Å². The van der Waals surface area contributed by atoms with Crippen molar-refractivity contribution in [1.82, 2.24) is 0 Å². The molecular formula is Fe4Y. The van der Waals surface area contributed by atoms with Crippen LogP contribution in [0.4, 0.5) is 0 Å². The van der Waals surface area contributed by atoms with Crippen LogP contribution < -0.4 is 0 Å². The van der Waals surface area contributed by atoms with E-state index in [1.807, 2.05) is 0 Å². The summed E-state index contributed by atoms with van der Waals surface area (Å²) in [6.45, 7) is 0. The van der Waals surface area contributed by atoms with Gasteiger partial charge in [-0.05, 0) is 0 Å². The molecule has 0 aliphatic carbocycles. The van der Waals surface area contributed by atoms with Crippen molar-refractivity contribution in [2.24, 2.45) is 0 Å². The Bertz CT molecular complexity index is 3.61. The predicted molar refractivity (Wildman–Crippen MR) is 0 cm³/mol. The fourth-order valence-corrected chi connectivity index (χ4v) is 0. The maximum absolute atomic E-state index is 0. The van der Waals surface area contributed by atoms with Crippen molar-refractivity contribution in [1.29, 1.82) is 0 Å². The van der Waals surface area contributed by atoms with E-state index in [0.717, 1.165) is 0 Å². The van der Waals surface area contributed by atoms with Crippen molar-refractivity contribution < 1.29 is 101 Å². The molecular weight excluding hydrogens is 312 g/mol. The molecule has 1 radical (unpaired) electrons. The first-order chi connectivity index (χ1) is 0. The van der Waals surface area contributed by atoms with Gasteiger partial charge in [-0.15, -0.1) is 0 Å². The smallest absolute Gasteiger partial charge is 0 e. The molecule has 0 aliphatic heterocycles. The van der Waals surface area contributed by atoms with Crippen LogP contribution in [0.2, 0.25) is 0 Å². The third-order valence-corrected chi connectivity index (χ3v) is 0. The molecule has 0 unspecified atom stereocenters. The standard InChI is InChI=1S/4Fe.Y. The predicted octanol–water partition coefficient (Wildman–Crippen LogP) is -0.0125. The van der Waals surface area contributed by atoms with Crippen molar-refractivity contribution in [2.45, 2.75) is 0 Å². The molecule has 0 saturated heterocycles. The van der Waals surface area contributed by atoms with Gasteiger partial charge in [-0.1, -0.05) is 0 Å². The molecule has 0 spiro atoms. The number of hydrogen-bond acceptors (Lipinski definition) is 0. The number of rotatable bonds is 0. The van der Waals surface area contributed by atoms with Crippen LogP contribution >= 0.6 is 0 Å². The molecule has 5 heteroatoms. The van der Waals surface area contributed by atoms with Gasteiger partial charge in [0.15, 0.2) is 0 Å². The quantitative estimate of drug-likeness (QED) is 0.552. The summed E-state index contributed by atoms with van der Waals surface area (Å²) in [6, 6.07) is 0. The zero-order chi connectivity index (χ0) is 0. The van der Waals surface area contributed by atoms with E-state index in [1.165, 1.54) is 0 Å². The van der Waals surface area contributed by atoms with Gasteiger partial charge in [-0.3, -0.25) is 0 Å². The molecule has 5 heavy (non-hydrogen) atoms. The van der Waals surface area contributed by atoms with Gasteiger partial charge in [0.1, 0.15) is 0 Å². The zero-order valence-electron chi connectivity index (χ0n) is 1.99. The van der Waals surface area contributed by atoms with Gasteiger partial charge >= 0.3 is 0 Å². The van der Waals surface area contributed by atoms with E-state index in [0.29, 0.717) is 0 Å². The third-order valence-electron chi connectivity index (χ3n) is 0. The van der Waals surface area contributed by atoms with Crippen molar-refractivity contribution in [3.8, 4) is 0 Å². The first-order valence-corrected chi connectivity index (χ1v) is 0. The fourth-order valence-electron chi connectivity index (χ4n) is 0. The SMILES string of the molecule is [Fe].[Fe].[Fe].[Fe].[Y]. The van der Waals surface area contributed by atoms with Gasteiger partial charge in [0.2, 0.25) is 0 Å². The van der Waals surface area contributed by atoms with Crippen LogP contribution in [-0.4, -0.2) is 0 Å². The van der Waals surface area contributed by atoms with Gasteiger partial charge in [0, 0.05) is 101 Å². The Morgan fingerprint density at radius 1 is 0.400 bits per heavy atom. The van der Waals surface area contributed by atoms with Crippen molar-refractivity contribution in [3.05, 3.63) is 0 Å². The molecule has 0 fully saturated rings. The summed E-state index contributed by atoms with van der Waals surface area (Å²) in [5.41, 5.74) is 0. The summed E-state index contributed by atoms with van der Waals surface area (Å²) in [5, 5.41) is 0. The molecule has 0 amide bonds. The Morgan fingerprint density at radius 3 is 0.400 bits per heavy atom. The van der Waals surface area contributed by atoms with Crippen LogP contribution in [0.3, 0.4) is 0 Å². The van der Waals surface area contributed by atoms with E-state index in [-0.39, 0.29) is 101 Å². The van der Waals surface area contributed by atoms with Crippen LogP contribution in [0.15, 0.2) is 0 Å². The number of hydrogen-bond donors (Lipinski definition) is 0. The van der Waals surface area contributed by atoms with Crippen LogP contribution in [0.1, 0.15) is 0 Å². The summed E-state index contributed by atoms with van der Waals surface area (Å²) in [4.78, 5) is 0. The fraction of sp³-hybridized carbons (Fsp3) is 0. The Labute approximate surface area is 99.1 Å². The Morgan fingerprint density at radius 2 is 0.400 bits per heavy atom. The Hall–Kier alpha value is 3.18. The third kappa shape index (κ3) is 19.0. The van der Waals surface area contributed by atoms with Crippen LogP contribution in [0.25, 0.3) is 0 Å². The van der Waals surface area contributed by atoms with Crippen molar-refractivity contribution in [2.75, 3.05) is 0 Å². The van der Waals surface area contributed by atoms with Gasteiger partial charge < -0.3 is 0 Å².